The van der Waals surface area contributed by atoms with Gasteiger partial charge in [0.2, 0.25) is 0 Å². The molecule has 2 aromatic carbocycles. The fourth-order valence-electron chi connectivity index (χ4n) is 4.67. The van der Waals surface area contributed by atoms with Crippen molar-refractivity contribution in [1.82, 2.24) is 9.47 Å². The second-order valence-corrected chi connectivity index (χ2v) is 8.52. The fraction of sp³-hybridized carbons (Fsp3) is 0.370. The Morgan fingerprint density at radius 3 is 2.27 bits per heavy atom. The first-order valence-electron chi connectivity index (χ1n) is 11.5. The molecule has 0 atom stereocenters. The van der Waals surface area contributed by atoms with Crippen molar-refractivity contribution in [2.45, 2.75) is 51.2 Å². The Labute approximate surface area is 194 Å². The fourth-order valence-corrected chi connectivity index (χ4v) is 4.67. The molecule has 0 bridgehead atoms. The molecule has 0 spiro atoms. The number of carbonyl (C=O) groups excluding carboxylic acids is 1. The molecular weight excluding hydrogens is 419 g/mol. The molecule has 1 amide bonds. The first-order chi connectivity index (χ1) is 16.1. The molecule has 1 saturated carbocycles. The van der Waals surface area contributed by atoms with Gasteiger partial charge in [-0.2, -0.15) is 0 Å². The first-order valence-corrected chi connectivity index (χ1v) is 11.5. The number of methoxy groups -OCH3 is 2. The van der Waals surface area contributed by atoms with Gasteiger partial charge in [-0.3, -0.25) is 4.79 Å². The van der Waals surface area contributed by atoms with Gasteiger partial charge in [0.25, 0.3) is 5.91 Å². The van der Waals surface area contributed by atoms with Crippen LogP contribution in [-0.4, -0.2) is 35.6 Å². The summed E-state index contributed by atoms with van der Waals surface area (Å²) >= 11 is 0. The van der Waals surface area contributed by atoms with Crippen molar-refractivity contribution < 1.29 is 18.7 Å². The van der Waals surface area contributed by atoms with E-state index in [1.807, 2.05) is 29.3 Å². The third-order valence-corrected chi connectivity index (χ3v) is 6.44. The van der Waals surface area contributed by atoms with Crippen molar-refractivity contribution in [3.05, 3.63) is 83.4 Å². The number of hydrogen-bond acceptors (Lipinski definition) is 3. The molecule has 33 heavy (non-hydrogen) atoms. The Morgan fingerprint density at radius 2 is 1.64 bits per heavy atom. The van der Waals surface area contributed by atoms with Crippen LogP contribution in [0, 0.1) is 5.82 Å². The summed E-state index contributed by atoms with van der Waals surface area (Å²) in [7, 11) is 3.15. The van der Waals surface area contributed by atoms with Crippen molar-refractivity contribution >= 4 is 5.91 Å². The van der Waals surface area contributed by atoms with Crippen LogP contribution >= 0.6 is 0 Å². The highest BCUT2D eigenvalue weighted by Crippen LogP contribution is 2.33. The molecule has 1 heterocycles. The third kappa shape index (κ3) is 5.21. The van der Waals surface area contributed by atoms with Crippen LogP contribution in [0.2, 0.25) is 0 Å². The Balaban J connectivity index is 1.65. The van der Waals surface area contributed by atoms with Gasteiger partial charge in [0.05, 0.1) is 20.8 Å². The van der Waals surface area contributed by atoms with Crippen LogP contribution in [0.25, 0.3) is 0 Å². The third-order valence-electron chi connectivity index (χ3n) is 6.44. The summed E-state index contributed by atoms with van der Waals surface area (Å²) in [5.74, 6) is 0.709. The largest absolute Gasteiger partial charge is 0.496 e. The summed E-state index contributed by atoms with van der Waals surface area (Å²) in [5, 5.41) is 0. The van der Waals surface area contributed by atoms with Crippen molar-refractivity contribution in [1.29, 1.82) is 0 Å². The first kappa shape index (κ1) is 22.9. The molecule has 1 fully saturated rings. The van der Waals surface area contributed by atoms with Crippen LogP contribution < -0.4 is 9.47 Å². The number of halogens is 1. The molecule has 1 aromatic heterocycles. The van der Waals surface area contributed by atoms with Gasteiger partial charge in [-0.05, 0) is 54.8 Å². The summed E-state index contributed by atoms with van der Waals surface area (Å²) in [6, 6.07) is 16.2. The summed E-state index contributed by atoms with van der Waals surface area (Å²) < 4.78 is 26.5. The molecule has 0 aliphatic heterocycles. The summed E-state index contributed by atoms with van der Waals surface area (Å²) in [5.41, 5.74) is 2.51. The van der Waals surface area contributed by atoms with Crippen molar-refractivity contribution in [2.75, 3.05) is 14.2 Å². The molecule has 4 rings (SSSR count). The minimum atomic E-state index is -0.244. The minimum absolute atomic E-state index is 0.0780. The zero-order valence-electron chi connectivity index (χ0n) is 19.3. The van der Waals surface area contributed by atoms with E-state index in [0.29, 0.717) is 30.2 Å². The number of nitrogens with zero attached hydrogens (tertiary/aromatic N) is 2. The lowest BCUT2D eigenvalue weighted by Crippen LogP contribution is -2.41. The van der Waals surface area contributed by atoms with E-state index in [9.17, 15) is 9.18 Å². The van der Waals surface area contributed by atoms with E-state index in [0.717, 1.165) is 36.9 Å². The average Bonchev–Trinajstić information content (AvgIpc) is 3.29. The normalized spacial score (nSPS) is 14.2. The van der Waals surface area contributed by atoms with Crippen LogP contribution in [-0.2, 0) is 13.1 Å². The topological polar surface area (TPSA) is 43.7 Å². The molecule has 0 saturated heterocycles. The van der Waals surface area contributed by atoms with E-state index >= 15 is 0 Å². The Morgan fingerprint density at radius 1 is 0.970 bits per heavy atom. The van der Waals surface area contributed by atoms with E-state index in [-0.39, 0.29) is 17.8 Å². The van der Waals surface area contributed by atoms with Gasteiger partial charge in [-0.15, -0.1) is 0 Å². The van der Waals surface area contributed by atoms with Gasteiger partial charge in [0.15, 0.2) is 0 Å². The van der Waals surface area contributed by atoms with Crippen LogP contribution in [0.4, 0.5) is 4.39 Å². The van der Waals surface area contributed by atoms with Gasteiger partial charge in [0.1, 0.15) is 22.9 Å². The zero-order valence-corrected chi connectivity index (χ0v) is 19.3. The van der Waals surface area contributed by atoms with Crippen LogP contribution in [0.15, 0.2) is 60.8 Å². The number of rotatable bonds is 8. The number of benzene rings is 2. The maximum atomic E-state index is 14.0. The van der Waals surface area contributed by atoms with E-state index in [1.54, 1.807) is 38.5 Å². The molecule has 5 nitrogen and oxygen atoms in total. The molecule has 6 heteroatoms. The van der Waals surface area contributed by atoms with Gasteiger partial charge >= 0.3 is 0 Å². The summed E-state index contributed by atoms with van der Waals surface area (Å²) in [6.07, 6.45) is 7.43. The van der Waals surface area contributed by atoms with E-state index < -0.39 is 0 Å². The monoisotopic (exact) mass is 450 g/mol. The zero-order chi connectivity index (χ0) is 23.2. The highest BCUT2D eigenvalue weighted by Gasteiger charge is 2.31. The lowest BCUT2D eigenvalue weighted by molar-refractivity contribution is 0.0602. The van der Waals surface area contributed by atoms with Crippen LogP contribution in [0.1, 0.15) is 53.7 Å². The molecule has 0 unspecified atom stereocenters. The highest BCUT2D eigenvalue weighted by atomic mass is 19.1. The van der Waals surface area contributed by atoms with E-state index in [4.69, 9.17) is 9.47 Å². The van der Waals surface area contributed by atoms with Crippen LogP contribution in [0.3, 0.4) is 0 Å². The van der Waals surface area contributed by atoms with Crippen LogP contribution in [0.5, 0.6) is 11.5 Å². The van der Waals surface area contributed by atoms with Gasteiger partial charge < -0.3 is 18.9 Å². The Kier molecular flexibility index (Phi) is 7.33. The standard InChI is InChI=1S/C27H31FN2O3/c1-32-24-11-6-12-25(33-2)26(24)27(31)30(22-8-4-3-5-9-22)19-23-10-7-17-29(23)18-20-13-15-21(28)16-14-20/h6-7,10-17,22H,3-5,8-9,18-19H2,1-2H3. The van der Waals surface area contributed by atoms with E-state index in [2.05, 4.69) is 4.57 Å². The highest BCUT2D eigenvalue weighted by molar-refractivity contribution is 6.00. The molecule has 174 valence electrons. The second kappa shape index (κ2) is 10.6. The van der Waals surface area contributed by atoms with E-state index in [1.165, 1.54) is 18.6 Å². The SMILES string of the molecule is COc1cccc(OC)c1C(=O)N(Cc1cccn1Cc1ccc(F)cc1)C1CCCCC1. The lowest BCUT2D eigenvalue weighted by atomic mass is 9.93. The molecule has 1 aliphatic carbocycles. The molecule has 3 aromatic rings. The number of hydrogen-bond donors (Lipinski definition) is 0. The Hall–Kier alpha value is -3.28. The number of ether oxygens (including phenoxy) is 2. The van der Waals surface area contributed by atoms with Crippen molar-refractivity contribution in [3.63, 3.8) is 0 Å². The predicted octanol–water partition coefficient (Wildman–Crippen LogP) is 5.67. The lowest BCUT2D eigenvalue weighted by Gasteiger charge is -2.35. The number of carbonyl (C=O) groups is 1. The predicted molar refractivity (Wildman–Crippen MR) is 126 cm³/mol. The number of aromatic nitrogens is 1. The molecule has 1 aliphatic rings. The second-order valence-electron chi connectivity index (χ2n) is 8.52. The number of amides is 1. The average molecular weight is 451 g/mol. The summed E-state index contributed by atoms with van der Waals surface area (Å²) in [6.45, 7) is 1.10. The maximum Gasteiger partial charge on any atom is 0.262 e. The molecular formula is C27H31FN2O3. The molecule has 0 radical (unpaired) electrons. The van der Waals surface area contributed by atoms with Crippen molar-refractivity contribution in [2.24, 2.45) is 0 Å². The van der Waals surface area contributed by atoms with Crippen molar-refractivity contribution in [3.8, 4) is 11.5 Å². The minimum Gasteiger partial charge on any atom is -0.496 e. The Bertz CT molecular complexity index is 1050. The summed E-state index contributed by atoms with van der Waals surface area (Å²) in [4.78, 5) is 15.9. The smallest absolute Gasteiger partial charge is 0.262 e. The van der Waals surface area contributed by atoms with Gasteiger partial charge in [-0.25, -0.2) is 4.39 Å². The van der Waals surface area contributed by atoms with Gasteiger partial charge in [-0.1, -0.05) is 37.5 Å². The quantitative estimate of drug-likeness (QED) is 0.444. The molecule has 0 N–H and O–H groups in total. The maximum absolute atomic E-state index is 14.0. The van der Waals surface area contributed by atoms with Gasteiger partial charge in [0, 0.05) is 24.5 Å².